The molecule has 0 saturated carbocycles. The number of ether oxygens (including phenoxy) is 2. The number of nitrogens with zero attached hydrogens (tertiary/aromatic N) is 3. The third-order valence-corrected chi connectivity index (χ3v) is 4.65. The molecule has 4 aromatic rings. The molecule has 0 bridgehead atoms. The minimum absolute atomic E-state index is 0.0970. The minimum atomic E-state index is -0.188. The number of fused-ring (bicyclic) bond motifs is 1. The second-order valence-electron chi connectivity index (χ2n) is 6.72. The smallest absolute Gasteiger partial charge is 0.274 e. The van der Waals surface area contributed by atoms with Crippen molar-refractivity contribution in [3.8, 4) is 34.5 Å². The fraction of sp³-hybridized carbons (Fsp3) is 0.136. The molecule has 150 valence electrons. The number of aromatic nitrogens is 3. The van der Waals surface area contributed by atoms with Crippen LogP contribution in [0, 0.1) is 0 Å². The third kappa shape index (κ3) is 3.62. The van der Waals surface area contributed by atoms with Gasteiger partial charge in [0.2, 0.25) is 11.7 Å². The molecule has 0 unspecified atom stereocenters. The number of carbonyl (C=O) groups excluding carboxylic acids is 1. The summed E-state index contributed by atoms with van der Waals surface area (Å²) in [4.78, 5) is 17.0. The average Bonchev–Trinajstić information content (AvgIpc) is 3.44. The minimum Gasteiger partial charge on any atom is -0.486 e. The Labute approximate surface area is 172 Å². The van der Waals surface area contributed by atoms with Gasteiger partial charge < -0.3 is 23.9 Å². The number of hydrogen-bond donors (Lipinski definition) is 1. The van der Waals surface area contributed by atoms with Crippen molar-refractivity contribution in [3.05, 3.63) is 66.9 Å². The zero-order chi connectivity index (χ0) is 20.3. The van der Waals surface area contributed by atoms with Crippen LogP contribution in [-0.4, -0.2) is 33.8 Å². The maximum atomic E-state index is 12.6. The molecule has 0 spiro atoms. The Morgan fingerprint density at radius 3 is 2.70 bits per heavy atom. The standard InChI is InChI=1S/C22H18N4O4/c27-20(23-16-8-9-18-19(13-16)29-12-11-28-18)14-26-10-4-7-17(26)22-24-21(25-30-22)15-5-2-1-3-6-15/h1-10,13H,11-12,14H2,(H,23,27). The van der Waals surface area contributed by atoms with E-state index in [9.17, 15) is 4.79 Å². The van der Waals surface area contributed by atoms with E-state index < -0.39 is 0 Å². The van der Waals surface area contributed by atoms with Crippen molar-refractivity contribution in [2.45, 2.75) is 6.54 Å². The van der Waals surface area contributed by atoms with Gasteiger partial charge in [0.25, 0.3) is 5.89 Å². The second-order valence-corrected chi connectivity index (χ2v) is 6.72. The van der Waals surface area contributed by atoms with Crippen LogP contribution in [0.25, 0.3) is 23.0 Å². The molecule has 0 fully saturated rings. The fourth-order valence-corrected chi connectivity index (χ4v) is 3.25. The quantitative estimate of drug-likeness (QED) is 0.548. The number of nitrogens with one attached hydrogen (secondary N) is 1. The van der Waals surface area contributed by atoms with E-state index in [4.69, 9.17) is 14.0 Å². The monoisotopic (exact) mass is 402 g/mol. The van der Waals surface area contributed by atoms with Gasteiger partial charge in [0.05, 0.1) is 0 Å². The molecular formula is C22H18N4O4. The number of amides is 1. The summed E-state index contributed by atoms with van der Waals surface area (Å²) in [5.41, 5.74) is 2.17. The van der Waals surface area contributed by atoms with Gasteiger partial charge in [-0.3, -0.25) is 4.79 Å². The Morgan fingerprint density at radius 2 is 1.83 bits per heavy atom. The Morgan fingerprint density at radius 1 is 1.00 bits per heavy atom. The largest absolute Gasteiger partial charge is 0.486 e. The fourth-order valence-electron chi connectivity index (χ4n) is 3.25. The summed E-state index contributed by atoms with van der Waals surface area (Å²) in [7, 11) is 0. The van der Waals surface area contributed by atoms with E-state index >= 15 is 0 Å². The molecule has 30 heavy (non-hydrogen) atoms. The Kier molecular flexibility index (Phi) is 4.65. The van der Waals surface area contributed by atoms with Gasteiger partial charge in [0.1, 0.15) is 25.5 Å². The number of rotatable bonds is 5. The van der Waals surface area contributed by atoms with Crippen LogP contribution in [-0.2, 0) is 11.3 Å². The lowest BCUT2D eigenvalue weighted by Gasteiger charge is -2.19. The van der Waals surface area contributed by atoms with Gasteiger partial charge in [-0.1, -0.05) is 35.5 Å². The van der Waals surface area contributed by atoms with Crippen molar-refractivity contribution in [1.82, 2.24) is 14.7 Å². The van der Waals surface area contributed by atoms with Crippen molar-refractivity contribution in [1.29, 1.82) is 0 Å². The number of hydrogen-bond acceptors (Lipinski definition) is 6. The van der Waals surface area contributed by atoms with Crippen LogP contribution >= 0.6 is 0 Å². The summed E-state index contributed by atoms with van der Waals surface area (Å²) in [6, 6.07) is 18.6. The third-order valence-electron chi connectivity index (χ3n) is 4.65. The van der Waals surface area contributed by atoms with Crippen LogP contribution in [0.15, 0.2) is 71.4 Å². The summed E-state index contributed by atoms with van der Waals surface area (Å²) in [6.45, 7) is 1.11. The zero-order valence-corrected chi connectivity index (χ0v) is 15.9. The van der Waals surface area contributed by atoms with Crippen LogP contribution in [0.2, 0.25) is 0 Å². The molecule has 8 nitrogen and oxygen atoms in total. The van der Waals surface area contributed by atoms with Gasteiger partial charge in [-0.2, -0.15) is 4.98 Å². The van der Waals surface area contributed by atoms with Gasteiger partial charge in [0, 0.05) is 23.5 Å². The van der Waals surface area contributed by atoms with Gasteiger partial charge >= 0.3 is 0 Å². The highest BCUT2D eigenvalue weighted by Gasteiger charge is 2.16. The van der Waals surface area contributed by atoms with Crippen LogP contribution in [0.5, 0.6) is 11.5 Å². The summed E-state index contributed by atoms with van der Waals surface area (Å²) < 4.78 is 18.2. The lowest BCUT2D eigenvalue weighted by molar-refractivity contribution is -0.116. The highest BCUT2D eigenvalue weighted by molar-refractivity contribution is 5.91. The molecule has 0 saturated heterocycles. The highest BCUT2D eigenvalue weighted by Crippen LogP contribution is 2.32. The van der Waals surface area contributed by atoms with Crippen LogP contribution < -0.4 is 14.8 Å². The molecular weight excluding hydrogens is 384 g/mol. The van der Waals surface area contributed by atoms with Crippen LogP contribution in [0.4, 0.5) is 5.69 Å². The van der Waals surface area contributed by atoms with E-state index in [0.717, 1.165) is 5.56 Å². The van der Waals surface area contributed by atoms with E-state index in [1.54, 1.807) is 29.0 Å². The van der Waals surface area contributed by atoms with E-state index in [0.29, 0.717) is 47.8 Å². The Balaban J connectivity index is 1.31. The zero-order valence-electron chi connectivity index (χ0n) is 15.9. The molecule has 0 aliphatic carbocycles. The molecule has 1 aliphatic rings. The van der Waals surface area contributed by atoms with Crippen LogP contribution in [0.1, 0.15) is 0 Å². The van der Waals surface area contributed by atoms with Gasteiger partial charge in [-0.25, -0.2) is 0 Å². The first-order valence-corrected chi connectivity index (χ1v) is 9.50. The van der Waals surface area contributed by atoms with E-state index in [1.165, 1.54) is 0 Å². The van der Waals surface area contributed by atoms with Crippen molar-refractivity contribution < 1.29 is 18.8 Å². The van der Waals surface area contributed by atoms with E-state index in [-0.39, 0.29) is 12.5 Å². The van der Waals surface area contributed by atoms with Crippen molar-refractivity contribution in [2.24, 2.45) is 0 Å². The predicted octanol–water partition coefficient (Wildman–Crippen LogP) is 3.62. The Bertz CT molecular complexity index is 1180. The molecule has 0 atom stereocenters. The normalized spacial score (nSPS) is 12.5. The molecule has 1 N–H and O–H groups in total. The Hall–Kier alpha value is -4.07. The summed E-state index contributed by atoms with van der Waals surface area (Å²) >= 11 is 0. The maximum Gasteiger partial charge on any atom is 0.274 e. The number of carbonyl (C=O) groups is 1. The number of anilines is 1. The van der Waals surface area contributed by atoms with Crippen LogP contribution in [0.3, 0.4) is 0 Å². The SMILES string of the molecule is O=C(Cn1cccc1-c1nc(-c2ccccc2)no1)Nc1ccc2c(c1)OCCO2. The predicted molar refractivity (Wildman–Crippen MR) is 109 cm³/mol. The molecule has 0 radical (unpaired) electrons. The average molecular weight is 402 g/mol. The first kappa shape index (κ1) is 18.0. The number of benzene rings is 2. The maximum absolute atomic E-state index is 12.6. The van der Waals surface area contributed by atoms with Gasteiger partial charge in [-0.15, -0.1) is 0 Å². The second kappa shape index (κ2) is 7.75. The summed E-state index contributed by atoms with van der Waals surface area (Å²) in [5.74, 6) is 1.97. The first-order chi connectivity index (χ1) is 14.8. The van der Waals surface area contributed by atoms with E-state index in [2.05, 4.69) is 15.5 Å². The highest BCUT2D eigenvalue weighted by atomic mass is 16.6. The van der Waals surface area contributed by atoms with Crippen molar-refractivity contribution in [2.75, 3.05) is 18.5 Å². The molecule has 1 amide bonds. The lowest BCUT2D eigenvalue weighted by Crippen LogP contribution is -2.19. The molecule has 5 rings (SSSR count). The van der Waals surface area contributed by atoms with Gasteiger partial charge in [0.15, 0.2) is 11.5 Å². The van der Waals surface area contributed by atoms with Crippen molar-refractivity contribution >= 4 is 11.6 Å². The first-order valence-electron chi connectivity index (χ1n) is 9.50. The van der Waals surface area contributed by atoms with Gasteiger partial charge in [-0.05, 0) is 24.3 Å². The van der Waals surface area contributed by atoms with Crippen molar-refractivity contribution in [3.63, 3.8) is 0 Å². The lowest BCUT2D eigenvalue weighted by atomic mass is 10.2. The topological polar surface area (TPSA) is 91.4 Å². The summed E-state index contributed by atoms with van der Waals surface area (Å²) in [5, 5.41) is 6.92. The van der Waals surface area contributed by atoms with E-state index in [1.807, 2.05) is 42.5 Å². The molecule has 2 aromatic heterocycles. The molecule has 8 heteroatoms. The molecule has 2 aromatic carbocycles. The molecule has 1 aliphatic heterocycles. The molecule has 3 heterocycles. The summed E-state index contributed by atoms with van der Waals surface area (Å²) in [6.07, 6.45) is 1.80.